The topological polar surface area (TPSA) is 55.7 Å². The third-order valence-electron chi connectivity index (χ3n) is 5.18. The Morgan fingerprint density at radius 2 is 1.96 bits per heavy atom. The van der Waals surface area contributed by atoms with Crippen molar-refractivity contribution in [1.29, 1.82) is 0 Å². The van der Waals surface area contributed by atoms with Crippen molar-refractivity contribution in [2.24, 2.45) is 0 Å². The molecule has 0 saturated carbocycles. The molecule has 2 fully saturated rings. The Morgan fingerprint density at radius 3 is 2.72 bits per heavy atom. The minimum atomic E-state index is 0.195. The molecule has 1 unspecified atom stereocenters. The van der Waals surface area contributed by atoms with E-state index in [9.17, 15) is 5.11 Å². The quantitative estimate of drug-likeness (QED) is 0.879. The molecule has 1 N–H and O–H groups in total. The van der Waals surface area contributed by atoms with Crippen LogP contribution in [0.15, 0.2) is 29.9 Å². The summed E-state index contributed by atoms with van der Waals surface area (Å²) in [5.74, 6) is 1.95. The highest BCUT2D eigenvalue weighted by atomic mass is 32.1. The summed E-state index contributed by atoms with van der Waals surface area (Å²) in [5, 5.41) is 11.7. The van der Waals surface area contributed by atoms with Crippen LogP contribution in [0.25, 0.3) is 0 Å². The van der Waals surface area contributed by atoms with Gasteiger partial charge in [-0.25, -0.2) is 9.97 Å². The van der Waals surface area contributed by atoms with E-state index in [0.717, 1.165) is 63.7 Å². The molecule has 7 heteroatoms. The van der Waals surface area contributed by atoms with Crippen molar-refractivity contribution < 1.29 is 5.11 Å². The van der Waals surface area contributed by atoms with Gasteiger partial charge in [-0.05, 0) is 24.3 Å². The van der Waals surface area contributed by atoms with Gasteiger partial charge < -0.3 is 14.9 Å². The van der Waals surface area contributed by atoms with E-state index in [0.29, 0.717) is 0 Å². The van der Waals surface area contributed by atoms with Crippen molar-refractivity contribution in [3.8, 4) is 0 Å². The summed E-state index contributed by atoms with van der Waals surface area (Å²) in [5.41, 5.74) is 0. The lowest BCUT2D eigenvalue weighted by atomic mass is 10.2. The van der Waals surface area contributed by atoms with Gasteiger partial charge in [-0.15, -0.1) is 11.3 Å². The van der Waals surface area contributed by atoms with E-state index in [4.69, 9.17) is 0 Å². The molecule has 0 aliphatic carbocycles. The van der Waals surface area contributed by atoms with E-state index in [-0.39, 0.29) is 12.6 Å². The first kappa shape index (κ1) is 16.8. The van der Waals surface area contributed by atoms with Gasteiger partial charge in [-0.2, -0.15) is 0 Å². The van der Waals surface area contributed by atoms with Crippen LogP contribution in [-0.4, -0.2) is 65.3 Å². The average Bonchev–Trinajstić information content (AvgIpc) is 3.34. The zero-order chi connectivity index (χ0) is 17.1. The lowest BCUT2D eigenvalue weighted by Crippen LogP contribution is -2.46. The molecule has 2 saturated heterocycles. The van der Waals surface area contributed by atoms with Gasteiger partial charge >= 0.3 is 0 Å². The highest BCUT2D eigenvalue weighted by Gasteiger charge is 2.26. The smallest absolute Gasteiger partial charge is 0.134 e. The largest absolute Gasteiger partial charge is 0.394 e. The summed E-state index contributed by atoms with van der Waals surface area (Å²) in [6, 6.07) is 6.62. The molecule has 2 aromatic rings. The number of nitrogens with zero attached hydrogens (tertiary/aromatic N) is 5. The molecule has 2 aliphatic heterocycles. The molecular weight excluding hydrogens is 334 g/mol. The number of aromatic nitrogens is 2. The predicted octanol–water partition coefficient (Wildman–Crippen LogP) is 1.82. The molecule has 134 valence electrons. The van der Waals surface area contributed by atoms with Crippen LogP contribution in [0.3, 0.4) is 0 Å². The van der Waals surface area contributed by atoms with E-state index in [1.807, 2.05) is 11.3 Å². The standard InChI is InChI=1S/C18H25N5OS/c24-13-15-3-1-5-23(15)18-11-17(19-14-20-18)22-8-6-21(7-9-22)12-16-4-2-10-25-16/h2,4,10-11,14-15,24H,1,3,5-9,12-13H2. The van der Waals surface area contributed by atoms with Crippen LogP contribution < -0.4 is 9.80 Å². The summed E-state index contributed by atoms with van der Waals surface area (Å²) in [7, 11) is 0. The van der Waals surface area contributed by atoms with Gasteiger partial charge in [0.25, 0.3) is 0 Å². The van der Waals surface area contributed by atoms with Crippen LogP contribution >= 0.6 is 11.3 Å². The Hall–Kier alpha value is -1.70. The summed E-state index contributed by atoms with van der Waals surface area (Å²) >= 11 is 1.83. The number of hydrogen-bond acceptors (Lipinski definition) is 7. The molecule has 0 bridgehead atoms. The molecule has 0 spiro atoms. The second-order valence-electron chi connectivity index (χ2n) is 6.75. The first-order chi connectivity index (χ1) is 12.3. The van der Waals surface area contributed by atoms with Gasteiger partial charge in [-0.3, -0.25) is 4.90 Å². The maximum absolute atomic E-state index is 9.55. The van der Waals surface area contributed by atoms with Crippen molar-refractivity contribution in [2.45, 2.75) is 25.4 Å². The number of thiophene rings is 1. The number of rotatable bonds is 5. The number of aliphatic hydroxyl groups excluding tert-OH is 1. The van der Waals surface area contributed by atoms with Crippen molar-refractivity contribution in [3.63, 3.8) is 0 Å². The van der Waals surface area contributed by atoms with Gasteiger partial charge in [0.15, 0.2) is 0 Å². The molecule has 4 rings (SSSR count). The Bertz CT molecular complexity index is 672. The molecule has 0 aromatic carbocycles. The lowest BCUT2D eigenvalue weighted by Gasteiger charge is -2.35. The summed E-state index contributed by atoms with van der Waals surface area (Å²) < 4.78 is 0. The number of piperazine rings is 1. The van der Waals surface area contributed by atoms with Gasteiger partial charge in [-0.1, -0.05) is 6.07 Å². The van der Waals surface area contributed by atoms with Crippen LogP contribution in [0.2, 0.25) is 0 Å². The summed E-state index contributed by atoms with van der Waals surface area (Å²) in [6.45, 7) is 6.31. The maximum Gasteiger partial charge on any atom is 0.134 e. The monoisotopic (exact) mass is 359 g/mol. The molecule has 2 aromatic heterocycles. The Kier molecular flexibility index (Phi) is 5.14. The Labute approximate surface area is 152 Å². The number of hydrogen-bond donors (Lipinski definition) is 1. The molecular formula is C18H25N5OS. The van der Waals surface area contributed by atoms with Crippen LogP contribution in [-0.2, 0) is 6.54 Å². The van der Waals surface area contributed by atoms with Crippen LogP contribution in [0, 0.1) is 0 Å². The molecule has 1 atom stereocenters. The third-order valence-corrected chi connectivity index (χ3v) is 6.04. The summed E-state index contributed by atoms with van der Waals surface area (Å²) in [6.07, 6.45) is 3.82. The Morgan fingerprint density at radius 1 is 1.12 bits per heavy atom. The molecule has 4 heterocycles. The zero-order valence-corrected chi connectivity index (χ0v) is 15.2. The Balaban J connectivity index is 1.39. The average molecular weight is 359 g/mol. The van der Waals surface area contributed by atoms with Gasteiger partial charge in [0.1, 0.15) is 18.0 Å². The van der Waals surface area contributed by atoms with Gasteiger partial charge in [0, 0.05) is 50.2 Å². The van der Waals surface area contributed by atoms with Crippen LogP contribution in [0.1, 0.15) is 17.7 Å². The second kappa shape index (κ2) is 7.68. The molecule has 6 nitrogen and oxygen atoms in total. The van der Waals surface area contributed by atoms with Crippen LogP contribution in [0.5, 0.6) is 0 Å². The van der Waals surface area contributed by atoms with E-state index in [1.165, 1.54) is 4.88 Å². The van der Waals surface area contributed by atoms with Crippen molar-refractivity contribution >= 4 is 23.0 Å². The van der Waals surface area contributed by atoms with E-state index >= 15 is 0 Å². The maximum atomic E-state index is 9.55. The highest BCUT2D eigenvalue weighted by molar-refractivity contribution is 7.09. The minimum absolute atomic E-state index is 0.195. The summed E-state index contributed by atoms with van der Waals surface area (Å²) in [4.78, 5) is 17.4. The van der Waals surface area contributed by atoms with Gasteiger partial charge in [0.2, 0.25) is 0 Å². The third kappa shape index (κ3) is 3.78. The molecule has 0 amide bonds. The fourth-order valence-electron chi connectivity index (χ4n) is 3.75. The van der Waals surface area contributed by atoms with E-state index in [1.54, 1.807) is 6.33 Å². The fraction of sp³-hybridized carbons (Fsp3) is 0.556. The molecule has 25 heavy (non-hydrogen) atoms. The molecule has 2 aliphatic rings. The highest BCUT2D eigenvalue weighted by Crippen LogP contribution is 2.26. The first-order valence-electron chi connectivity index (χ1n) is 9.03. The number of aliphatic hydroxyl groups is 1. The fourth-order valence-corrected chi connectivity index (χ4v) is 4.50. The van der Waals surface area contributed by atoms with E-state index < -0.39 is 0 Å². The second-order valence-corrected chi connectivity index (χ2v) is 7.78. The normalized spacial score (nSPS) is 21.9. The minimum Gasteiger partial charge on any atom is -0.394 e. The van der Waals surface area contributed by atoms with Crippen molar-refractivity contribution in [3.05, 3.63) is 34.8 Å². The zero-order valence-electron chi connectivity index (χ0n) is 14.4. The van der Waals surface area contributed by atoms with Crippen molar-refractivity contribution in [2.75, 3.05) is 49.1 Å². The molecule has 0 radical (unpaired) electrons. The predicted molar refractivity (Wildman–Crippen MR) is 101 cm³/mol. The van der Waals surface area contributed by atoms with Gasteiger partial charge in [0.05, 0.1) is 12.6 Å². The lowest BCUT2D eigenvalue weighted by molar-refractivity contribution is 0.251. The van der Waals surface area contributed by atoms with E-state index in [2.05, 4.69) is 48.2 Å². The first-order valence-corrected chi connectivity index (χ1v) is 9.90. The number of anilines is 2. The SMILES string of the molecule is OCC1CCCN1c1cc(N2CCN(Cc3cccs3)CC2)ncn1. The van der Waals surface area contributed by atoms with Crippen LogP contribution in [0.4, 0.5) is 11.6 Å². The van der Waals surface area contributed by atoms with Crippen molar-refractivity contribution in [1.82, 2.24) is 14.9 Å².